The molecule has 0 heterocycles. The van der Waals surface area contributed by atoms with Crippen LogP contribution in [0.5, 0.6) is 0 Å². The summed E-state index contributed by atoms with van der Waals surface area (Å²) < 4.78 is 4.83. The first kappa shape index (κ1) is 15.5. The molecule has 6 heteroatoms. The third-order valence-electron chi connectivity index (χ3n) is 3.05. The van der Waals surface area contributed by atoms with Crippen molar-refractivity contribution in [2.75, 3.05) is 12.4 Å². The predicted molar refractivity (Wildman–Crippen MR) is 81.1 cm³/mol. The Balaban J connectivity index is 2.08. The van der Waals surface area contributed by atoms with Crippen LogP contribution in [0.25, 0.3) is 0 Å². The fourth-order valence-corrected chi connectivity index (χ4v) is 1.96. The van der Waals surface area contributed by atoms with E-state index < -0.39 is 23.7 Å². The van der Waals surface area contributed by atoms with Gasteiger partial charge in [-0.25, -0.2) is 4.79 Å². The molecule has 2 N–H and O–H groups in total. The van der Waals surface area contributed by atoms with Crippen LogP contribution in [0.1, 0.15) is 5.56 Å². The lowest BCUT2D eigenvalue weighted by atomic mass is 9.96. The number of aryl methyl sites for hydroxylation is 1. The number of hydrogen-bond donors (Lipinski definition) is 2. The van der Waals surface area contributed by atoms with Gasteiger partial charge >= 0.3 is 6.09 Å². The summed E-state index contributed by atoms with van der Waals surface area (Å²) >= 11 is 0. The number of allylic oxidation sites excluding steroid dienone is 3. The third-order valence-corrected chi connectivity index (χ3v) is 3.05. The van der Waals surface area contributed by atoms with Crippen LogP contribution in [-0.2, 0) is 14.3 Å². The number of carbonyl (C=O) groups excluding carboxylic acids is 3. The van der Waals surface area contributed by atoms with Crippen molar-refractivity contribution in [3.8, 4) is 0 Å². The van der Waals surface area contributed by atoms with E-state index in [0.29, 0.717) is 5.69 Å². The summed E-state index contributed by atoms with van der Waals surface area (Å²) in [5.41, 5.74) is 1.60. The van der Waals surface area contributed by atoms with Crippen LogP contribution in [-0.4, -0.2) is 24.8 Å². The zero-order valence-corrected chi connectivity index (χ0v) is 12.3. The van der Waals surface area contributed by atoms with Gasteiger partial charge in [-0.1, -0.05) is 24.3 Å². The van der Waals surface area contributed by atoms with Crippen molar-refractivity contribution in [1.29, 1.82) is 0 Å². The van der Waals surface area contributed by atoms with Crippen molar-refractivity contribution in [3.05, 3.63) is 53.8 Å². The highest BCUT2D eigenvalue weighted by Crippen LogP contribution is 2.19. The fraction of sp³-hybridized carbons (Fsp3) is 0.188. The maximum absolute atomic E-state index is 12.2. The fourth-order valence-electron chi connectivity index (χ4n) is 1.96. The van der Waals surface area contributed by atoms with Gasteiger partial charge in [0.2, 0.25) is 11.7 Å². The summed E-state index contributed by atoms with van der Waals surface area (Å²) in [6.07, 6.45) is 3.57. The molecule has 1 unspecified atom stereocenters. The molecule has 1 aromatic carbocycles. The van der Waals surface area contributed by atoms with Crippen molar-refractivity contribution < 1.29 is 19.1 Å². The Kier molecular flexibility index (Phi) is 4.73. The molecule has 0 spiro atoms. The Morgan fingerprint density at radius 3 is 2.73 bits per heavy atom. The van der Waals surface area contributed by atoms with Gasteiger partial charge in [0.05, 0.1) is 0 Å². The van der Waals surface area contributed by atoms with Gasteiger partial charge in [-0.15, -0.1) is 0 Å². The molecule has 0 fully saturated rings. The molecule has 1 aromatic rings. The van der Waals surface area contributed by atoms with Crippen molar-refractivity contribution >= 4 is 23.5 Å². The van der Waals surface area contributed by atoms with Gasteiger partial charge in [-0.2, -0.15) is 0 Å². The summed E-state index contributed by atoms with van der Waals surface area (Å²) in [4.78, 5) is 35.6. The summed E-state index contributed by atoms with van der Waals surface area (Å²) in [7, 11) is 1.38. The number of amides is 2. The van der Waals surface area contributed by atoms with Crippen LogP contribution in [0.4, 0.5) is 10.5 Å². The Bertz CT molecular complexity index is 676. The van der Waals surface area contributed by atoms with Gasteiger partial charge < -0.3 is 15.4 Å². The first-order valence-corrected chi connectivity index (χ1v) is 6.71. The minimum absolute atomic E-state index is 0.161. The maximum atomic E-state index is 12.2. The van der Waals surface area contributed by atoms with E-state index in [1.54, 1.807) is 12.1 Å². The topological polar surface area (TPSA) is 84.5 Å². The van der Waals surface area contributed by atoms with Crippen LogP contribution < -0.4 is 10.6 Å². The monoisotopic (exact) mass is 300 g/mol. The van der Waals surface area contributed by atoms with Gasteiger partial charge in [0.25, 0.3) is 0 Å². The minimum atomic E-state index is -1.02. The number of carbonyl (C=O) groups is 3. The number of rotatable bonds is 3. The van der Waals surface area contributed by atoms with Gasteiger partial charge in [0.1, 0.15) is 5.92 Å². The molecule has 0 bridgehead atoms. The van der Waals surface area contributed by atoms with E-state index in [4.69, 9.17) is 4.74 Å². The Hall–Kier alpha value is -2.89. The van der Waals surface area contributed by atoms with E-state index >= 15 is 0 Å². The number of hydrogen-bond acceptors (Lipinski definition) is 4. The molecule has 2 rings (SSSR count). The SMILES string of the molecule is CNC(=O)OC1=CC=CC(C(=O)Nc2cccc(C)c2)C1=O. The van der Waals surface area contributed by atoms with Crippen molar-refractivity contribution in [2.24, 2.45) is 5.92 Å². The van der Waals surface area contributed by atoms with E-state index in [2.05, 4.69) is 10.6 Å². The molecule has 0 radical (unpaired) electrons. The highest BCUT2D eigenvalue weighted by Gasteiger charge is 2.31. The maximum Gasteiger partial charge on any atom is 0.412 e. The largest absolute Gasteiger partial charge is 0.412 e. The lowest BCUT2D eigenvalue weighted by Crippen LogP contribution is -2.32. The van der Waals surface area contributed by atoms with Gasteiger partial charge in [0.15, 0.2) is 5.76 Å². The van der Waals surface area contributed by atoms with Crippen LogP contribution in [0.2, 0.25) is 0 Å². The lowest BCUT2D eigenvalue weighted by Gasteiger charge is -2.16. The number of nitrogens with one attached hydrogen (secondary N) is 2. The van der Waals surface area contributed by atoms with Crippen LogP contribution in [0, 0.1) is 12.8 Å². The Morgan fingerprint density at radius 1 is 1.27 bits per heavy atom. The zero-order valence-electron chi connectivity index (χ0n) is 12.3. The normalized spacial score (nSPS) is 16.7. The second-order valence-corrected chi connectivity index (χ2v) is 4.76. The second kappa shape index (κ2) is 6.71. The van der Waals surface area contributed by atoms with E-state index in [1.165, 1.54) is 25.3 Å². The number of benzene rings is 1. The number of alkyl carbamates (subject to hydrolysis) is 1. The first-order chi connectivity index (χ1) is 10.5. The second-order valence-electron chi connectivity index (χ2n) is 4.76. The summed E-state index contributed by atoms with van der Waals surface area (Å²) in [5.74, 6) is -2.22. The van der Waals surface area contributed by atoms with Crippen molar-refractivity contribution in [1.82, 2.24) is 5.32 Å². The molecule has 1 atom stereocenters. The summed E-state index contributed by atoms with van der Waals surface area (Å²) in [6.45, 7) is 1.90. The Morgan fingerprint density at radius 2 is 2.05 bits per heavy atom. The van der Waals surface area contributed by atoms with Crippen LogP contribution >= 0.6 is 0 Å². The molecule has 0 saturated heterocycles. The summed E-state index contributed by atoms with van der Waals surface area (Å²) in [5, 5.41) is 4.92. The number of anilines is 1. The van der Waals surface area contributed by atoms with E-state index in [1.807, 2.05) is 19.1 Å². The minimum Gasteiger partial charge on any atom is -0.406 e. The molecular weight excluding hydrogens is 284 g/mol. The van der Waals surface area contributed by atoms with Gasteiger partial charge in [-0.05, 0) is 30.7 Å². The molecule has 1 aliphatic carbocycles. The number of ether oxygens (including phenoxy) is 1. The molecule has 6 nitrogen and oxygen atoms in total. The number of ketones is 1. The molecular formula is C16H16N2O4. The quantitative estimate of drug-likeness (QED) is 0.835. The molecule has 114 valence electrons. The first-order valence-electron chi connectivity index (χ1n) is 6.71. The number of Topliss-reactive ketones (excluding diaryl/α,β-unsaturated/α-hetero) is 1. The zero-order chi connectivity index (χ0) is 16.1. The molecule has 22 heavy (non-hydrogen) atoms. The van der Waals surface area contributed by atoms with Crippen molar-refractivity contribution in [2.45, 2.75) is 6.92 Å². The molecule has 1 aliphatic rings. The van der Waals surface area contributed by atoms with E-state index in [9.17, 15) is 14.4 Å². The predicted octanol–water partition coefficient (Wildman–Crippen LogP) is 1.93. The van der Waals surface area contributed by atoms with Crippen molar-refractivity contribution in [3.63, 3.8) is 0 Å². The van der Waals surface area contributed by atoms with Gasteiger partial charge in [0, 0.05) is 12.7 Å². The molecule has 0 aromatic heterocycles. The van der Waals surface area contributed by atoms with E-state index in [0.717, 1.165) is 5.56 Å². The smallest absolute Gasteiger partial charge is 0.406 e. The average Bonchev–Trinajstić information content (AvgIpc) is 2.49. The third kappa shape index (κ3) is 3.60. The van der Waals surface area contributed by atoms with Crippen LogP contribution in [0.3, 0.4) is 0 Å². The highest BCUT2D eigenvalue weighted by molar-refractivity contribution is 6.15. The van der Waals surface area contributed by atoms with Gasteiger partial charge in [-0.3, -0.25) is 9.59 Å². The highest BCUT2D eigenvalue weighted by atomic mass is 16.6. The summed E-state index contributed by atoms with van der Waals surface area (Å²) in [6, 6.07) is 7.25. The standard InChI is InChI=1S/C16H16N2O4/c1-10-5-3-6-11(9-10)18-15(20)12-7-4-8-13(14(12)19)22-16(21)17-2/h3-9,12H,1-2H3,(H,17,21)(H,18,20). The lowest BCUT2D eigenvalue weighted by molar-refractivity contribution is -0.128. The Labute approximate surface area is 127 Å². The molecule has 0 saturated carbocycles. The average molecular weight is 300 g/mol. The molecule has 0 aliphatic heterocycles. The van der Waals surface area contributed by atoms with Crippen LogP contribution in [0.15, 0.2) is 48.3 Å². The van der Waals surface area contributed by atoms with E-state index in [-0.39, 0.29) is 5.76 Å². The molecule has 2 amide bonds.